The lowest BCUT2D eigenvalue weighted by Crippen LogP contribution is -2.22. The normalized spacial score (nSPS) is 10.9. The Kier molecular flexibility index (Phi) is 5.01. The second kappa shape index (κ2) is 7.19. The summed E-state index contributed by atoms with van der Waals surface area (Å²) in [6.45, 7) is 2.55. The van der Waals surface area contributed by atoms with Crippen molar-refractivity contribution in [1.82, 2.24) is 5.32 Å². The van der Waals surface area contributed by atoms with Crippen LogP contribution in [0.4, 0.5) is 0 Å². The van der Waals surface area contributed by atoms with Crippen molar-refractivity contribution in [3.05, 3.63) is 84.3 Å². The summed E-state index contributed by atoms with van der Waals surface area (Å²) in [6.07, 6.45) is 3.42. The van der Waals surface area contributed by atoms with E-state index in [1.54, 1.807) is 6.42 Å². The van der Waals surface area contributed by atoms with E-state index in [9.17, 15) is 4.79 Å². The van der Waals surface area contributed by atoms with E-state index in [1.165, 1.54) is 0 Å². The Labute approximate surface area is 120 Å². The van der Waals surface area contributed by atoms with Crippen LogP contribution in [0.3, 0.4) is 0 Å². The van der Waals surface area contributed by atoms with Crippen LogP contribution in [0.1, 0.15) is 18.1 Å². The van der Waals surface area contributed by atoms with Crippen molar-refractivity contribution < 1.29 is 4.79 Å². The Hall–Kier alpha value is -2.48. The van der Waals surface area contributed by atoms with Gasteiger partial charge in [-0.2, -0.15) is 0 Å². The second-order valence-corrected chi connectivity index (χ2v) is 4.59. The number of rotatable bonds is 5. The Morgan fingerprint density at radius 3 is 2.30 bits per heavy atom. The Morgan fingerprint density at radius 2 is 1.65 bits per heavy atom. The zero-order valence-corrected chi connectivity index (χ0v) is 11.5. The first-order valence-electron chi connectivity index (χ1n) is 6.64. The van der Waals surface area contributed by atoms with Crippen molar-refractivity contribution in [1.29, 1.82) is 0 Å². The molecule has 0 aliphatic rings. The topological polar surface area (TPSA) is 29.1 Å². The molecule has 0 heterocycles. The summed E-state index contributed by atoms with van der Waals surface area (Å²) in [5, 5.41) is 2.87. The molecule has 0 unspecified atom stereocenters. The van der Waals surface area contributed by atoms with E-state index >= 15 is 0 Å². The van der Waals surface area contributed by atoms with Gasteiger partial charge in [0.2, 0.25) is 0 Å². The Morgan fingerprint density at radius 1 is 1.05 bits per heavy atom. The second-order valence-electron chi connectivity index (χ2n) is 4.59. The molecule has 0 bridgehead atoms. The monoisotopic (exact) mass is 264 g/mol. The molecule has 0 atom stereocenters. The van der Waals surface area contributed by atoms with Gasteiger partial charge in [0.1, 0.15) is 12.5 Å². The summed E-state index contributed by atoms with van der Waals surface area (Å²) >= 11 is 0. The lowest BCUT2D eigenvalue weighted by molar-refractivity contribution is -0.117. The highest BCUT2D eigenvalue weighted by Crippen LogP contribution is 2.12. The molecular weight excluding hydrogens is 246 g/mol. The number of hydrogen-bond donors (Lipinski definition) is 1. The van der Waals surface area contributed by atoms with E-state index in [-0.39, 0.29) is 5.91 Å². The van der Waals surface area contributed by atoms with Crippen LogP contribution in [0, 0.1) is 6.42 Å². The van der Waals surface area contributed by atoms with E-state index in [0.717, 1.165) is 16.7 Å². The summed E-state index contributed by atoms with van der Waals surface area (Å²) in [7, 11) is 0. The lowest BCUT2D eigenvalue weighted by atomic mass is 10.1. The number of benzene rings is 2. The molecule has 0 aliphatic carbocycles. The van der Waals surface area contributed by atoms with Gasteiger partial charge in [0, 0.05) is 13.5 Å². The molecule has 2 aromatic rings. The lowest BCUT2D eigenvalue weighted by Gasteiger charge is -2.00. The standard InChI is InChI=1S/C18H17NO/c1-15(17-10-6-3-7-11-17)12-13-18(20)19-14-16-8-4-2-5-9-16/h2-13H,14H2,1H3/p+1. The highest BCUT2D eigenvalue weighted by Gasteiger charge is 2.08. The molecule has 2 heteroatoms. The van der Waals surface area contributed by atoms with Gasteiger partial charge in [0.25, 0.3) is 0 Å². The minimum Gasteiger partial charge on any atom is -0.331 e. The van der Waals surface area contributed by atoms with E-state index in [0.29, 0.717) is 6.54 Å². The first-order valence-corrected chi connectivity index (χ1v) is 6.64. The van der Waals surface area contributed by atoms with Crippen molar-refractivity contribution in [3.8, 4) is 0 Å². The average Bonchev–Trinajstić information content (AvgIpc) is 2.52. The number of carbonyl (C=O) groups excluding carboxylic acids is 1. The van der Waals surface area contributed by atoms with Gasteiger partial charge in [-0.3, -0.25) is 0 Å². The minimum absolute atomic E-state index is 0.0795. The van der Waals surface area contributed by atoms with Gasteiger partial charge in [-0.1, -0.05) is 48.5 Å². The van der Waals surface area contributed by atoms with Crippen molar-refractivity contribution in [2.45, 2.75) is 13.5 Å². The van der Waals surface area contributed by atoms with Gasteiger partial charge in [0.15, 0.2) is 0 Å². The van der Waals surface area contributed by atoms with Crippen molar-refractivity contribution in [2.24, 2.45) is 0 Å². The van der Waals surface area contributed by atoms with Gasteiger partial charge in [0.05, 0.1) is 11.1 Å². The highest BCUT2D eigenvalue weighted by molar-refractivity contribution is 5.88. The molecule has 0 aromatic heterocycles. The number of carbonyl (C=O) groups is 1. The zero-order chi connectivity index (χ0) is 14.2. The van der Waals surface area contributed by atoms with Crippen molar-refractivity contribution >= 4 is 11.5 Å². The molecule has 2 aromatic carbocycles. The fraction of sp³-hybridized carbons (Fsp3) is 0.111. The van der Waals surface area contributed by atoms with Crippen LogP contribution < -0.4 is 5.32 Å². The zero-order valence-electron chi connectivity index (χ0n) is 11.5. The van der Waals surface area contributed by atoms with Crippen molar-refractivity contribution in [2.75, 3.05) is 0 Å². The number of amides is 1. The van der Waals surface area contributed by atoms with Crippen LogP contribution in [0.25, 0.3) is 5.57 Å². The third-order valence-corrected chi connectivity index (χ3v) is 3.02. The molecule has 1 amide bonds. The first kappa shape index (κ1) is 13.9. The van der Waals surface area contributed by atoms with Crippen LogP contribution in [-0.4, -0.2) is 5.91 Å². The maximum atomic E-state index is 11.7. The largest absolute Gasteiger partial charge is 0.331 e. The summed E-state index contributed by atoms with van der Waals surface area (Å²) in [6, 6.07) is 19.9. The highest BCUT2D eigenvalue weighted by atomic mass is 16.1. The smallest absolute Gasteiger partial charge is 0.327 e. The Bertz CT molecular complexity index is 573. The van der Waals surface area contributed by atoms with Gasteiger partial charge in [-0.25, -0.2) is 4.79 Å². The summed E-state index contributed by atoms with van der Waals surface area (Å²) in [4.78, 5) is 11.7. The molecule has 0 aliphatic heterocycles. The van der Waals surface area contributed by atoms with E-state index in [2.05, 4.69) is 5.32 Å². The molecular formula is C18H18NO+. The molecule has 0 fully saturated rings. The predicted molar refractivity (Wildman–Crippen MR) is 82.7 cm³/mol. The summed E-state index contributed by atoms with van der Waals surface area (Å²) < 4.78 is 0. The third-order valence-electron chi connectivity index (χ3n) is 3.02. The molecule has 0 radical (unpaired) electrons. The maximum Gasteiger partial charge on any atom is 0.327 e. The number of nitrogens with one attached hydrogen (secondary N) is 1. The van der Waals surface area contributed by atoms with Crippen LogP contribution in [0.15, 0.2) is 66.7 Å². The summed E-state index contributed by atoms with van der Waals surface area (Å²) in [5.41, 5.74) is 3.29. The number of hydrogen-bond acceptors (Lipinski definition) is 1. The number of allylic oxidation sites excluding steroid dienone is 1. The van der Waals surface area contributed by atoms with Crippen LogP contribution in [0.5, 0.6) is 0 Å². The third kappa shape index (κ3) is 4.32. The van der Waals surface area contributed by atoms with E-state index in [4.69, 9.17) is 0 Å². The fourth-order valence-electron chi connectivity index (χ4n) is 1.84. The van der Waals surface area contributed by atoms with Crippen LogP contribution in [-0.2, 0) is 11.3 Å². The van der Waals surface area contributed by atoms with Gasteiger partial charge >= 0.3 is 5.91 Å². The van der Waals surface area contributed by atoms with Crippen molar-refractivity contribution in [3.63, 3.8) is 0 Å². The minimum atomic E-state index is -0.0795. The molecule has 0 saturated carbocycles. The van der Waals surface area contributed by atoms with Gasteiger partial charge in [-0.15, -0.1) is 0 Å². The first-order chi connectivity index (χ1) is 9.75. The summed E-state index contributed by atoms with van der Waals surface area (Å²) in [5.74, 6) is -0.0795. The van der Waals surface area contributed by atoms with E-state index < -0.39 is 0 Å². The molecule has 2 nitrogen and oxygen atoms in total. The molecule has 20 heavy (non-hydrogen) atoms. The van der Waals surface area contributed by atoms with Crippen LogP contribution >= 0.6 is 0 Å². The maximum absolute atomic E-state index is 11.7. The van der Waals surface area contributed by atoms with E-state index in [1.807, 2.05) is 73.7 Å². The molecule has 100 valence electrons. The van der Waals surface area contributed by atoms with Gasteiger partial charge < -0.3 is 5.32 Å². The average molecular weight is 264 g/mol. The quantitative estimate of drug-likeness (QED) is 0.821. The molecule has 1 N–H and O–H groups in total. The molecule has 0 spiro atoms. The predicted octanol–water partition coefficient (Wildman–Crippen LogP) is 3.61. The fourth-order valence-corrected chi connectivity index (χ4v) is 1.84. The Balaban J connectivity index is 1.83. The van der Waals surface area contributed by atoms with Crippen LogP contribution in [0.2, 0.25) is 0 Å². The molecule has 2 rings (SSSR count). The van der Waals surface area contributed by atoms with Gasteiger partial charge in [-0.05, 0) is 17.7 Å². The molecule has 0 saturated heterocycles. The SMILES string of the molecule is CC(=C[CH+]C(=O)NCc1ccccc1)c1ccccc1.